The van der Waals surface area contributed by atoms with Crippen molar-refractivity contribution >= 4 is 17.7 Å². The third-order valence-electron chi connectivity index (χ3n) is 6.45. The van der Waals surface area contributed by atoms with E-state index < -0.39 is 0 Å². The topological polar surface area (TPSA) is 87.7 Å². The molecule has 0 aromatic heterocycles. The minimum atomic E-state index is -0.184. The number of hydrogen-bond donors (Lipinski definition) is 2. The third-order valence-corrected chi connectivity index (χ3v) is 6.45. The van der Waals surface area contributed by atoms with Crippen LogP contribution in [0.5, 0.6) is 5.75 Å². The summed E-state index contributed by atoms with van der Waals surface area (Å²) in [6, 6.07) is 7.34. The molecule has 0 atom stereocenters. The molecule has 2 N–H and O–H groups in total. The van der Waals surface area contributed by atoms with Crippen LogP contribution in [-0.2, 0) is 9.59 Å². The van der Waals surface area contributed by atoms with Gasteiger partial charge in [-0.1, -0.05) is 31.4 Å². The zero-order valence-corrected chi connectivity index (χ0v) is 19.2. The van der Waals surface area contributed by atoms with Gasteiger partial charge in [0, 0.05) is 38.0 Å². The molecule has 2 fully saturated rings. The Morgan fingerprint density at radius 1 is 1.03 bits per heavy atom. The number of piperidine rings is 1. The number of para-hydroxylation sites is 1. The second-order valence-corrected chi connectivity index (χ2v) is 8.79. The van der Waals surface area contributed by atoms with Gasteiger partial charge in [0.1, 0.15) is 5.75 Å². The van der Waals surface area contributed by atoms with Crippen LogP contribution in [0.3, 0.4) is 0 Å². The van der Waals surface area contributed by atoms with Gasteiger partial charge in [-0.25, -0.2) is 0 Å². The van der Waals surface area contributed by atoms with Gasteiger partial charge in [0.2, 0.25) is 11.8 Å². The number of nitrogens with zero attached hydrogens (tertiary/aromatic N) is 1. The first-order valence-electron chi connectivity index (χ1n) is 12.2. The first kappa shape index (κ1) is 24.1. The van der Waals surface area contributed by atoms with Gasteiger partial charge in [-0.2, -0.15) is 0 Å². The predicted molar refractivity (Wildman–Crippen MR) is 123 cm³/mol. The molecule has 1 aromatic rings. The van der Waals surface area contributed by atoms with Crippen molar-refractivity contribution in [2.45, 2.75) is 70.8 Å². The third kappa shape index (κ3) is 6.97. The highest BCUT2D eigenvalue weighted by molar-refractivity contribution is 5.96. The Balaban J connectivity index is 1.32. The van der Waals surface area contributed by atoms with Crippen molar-refractivity contribution in [3.05, 3.63) is 29.8 Å². The molecule has 3 rings (SSSR count). The molecule has 1 aliphatic carbocycles. The number of hydrogen-bond acceptors (Lipinski definition) is 4. The molecular weight excluding hydrogens is 406 g/mol. The molecule has 0 unspecified atom stereocenters. The fourth-order valence-electron chi connectivity index (χ4n) is 4.59. The molecule has 176 valence electrons. The lowest BCUT2D eigenvalue weighted by molar-refractivity contribution is -0.132. The summed E-state index contributed by atoms with van der Waals surface area (Å²) in [5.74, 6) is 0.888. The number of benzene rings is 1. The monoisotopic (exact) mass is 443 g/mol. The standard InChI is InChI=1S/C25H37N3O4/c1-2-32-22-12-7-6-11-21(22)25(31)26-16-8-13-23(29)28-17-14-20(15-18-28)27-24(30)19-9-4-3-5-10-19/h6-7,11-12,19-20H,2-5,8-10,13-18H2,1H3,(H,26,31)(H,27,30). The number of ether oxygens (including phenoxy) is 1. The van der Waals surface area contributed by atoms with Gasteiger partial charge < -0.3 is 20.3 Å². The van der Waals surface area contributed by atoms with Crippen LogP contribution in [-0.4, -0.2) is 54.9 Å². The van der Waals surface area contributed by atoms with Crippen molar-refractivity contribution in [1.82, 2.24) is 15.5 Å². The fourth-order valence-corrected chi connectivity index (χ4v) is 4.59. The average molecular weight is 444 g/mol. The average Bonchev–Trinajstić information content (AvgIpc) is 2.83. The Morgan fingerprint density at radius 2 is 1.75 bits per heavy atom. The molecule has 1 aliphatic heterocycles. The molecular formula is C25H37N3O4. The van der Waals surface area contributed by atoms with Crippen LogP contribution in [0.15, 0.2) is 24.3 Å². The van der Waals surface area contributed by atoms with E-state index in [2.05, 4.69) is 10.6 Å². The van der Waals surface area contributed by atoms with E-state index in [4.69, 9.17) is 4.74 Å². The van der Waals surface area contributed by atoms with Gasteiger partial charge in [-0.15, -0.1) is 0 Å². The van der Waals surface area contributed by atoms with Crippen LogP contribution in [0, 0.1) is 5.92 Å². The lowest BCUT2D eigenvalue weighted by Gasteiger charge is -2.33. The molecule has 1 saturated carbocycles. The van der Waals surface area contributed by atoms with Crippen LogP contribution in [0.2, 0.25) is 0 Å². The summed E-state index contributed by atoms with van der Waals surface area (Å²) in [7, 11) is 0. The molecule has 1 saturated heterocycles. The molecule has 1 aromatic carbocycles. The zero-order valence-electron chi connectivity index (χ0n) is 19.2. The Labute approximate surface area is 191 Å². The number of likely N-dealkylation sites (tertiary alicyclic amines) is 1. The minimum Gasteiger partial charge on any atom is -0.493 e. The van der Waals surface area contributed by atoms with Gasteiger partial charge in [0.15, 0.2) is 0 Å². The van der Waals surface area contributed by atoms with Gasteiger partial charge in [0.05, 0.1) is 12.2 Å². The predicted octanol–water partition coefficient (Wildman–Crippen LogP) is 3.28. The van der Waals surface area contributed by atoms with Crippen LogP contribution in [0.4, 0.5) is 0 Å². The van der Waals surface area contributed by atoms with Gasteiger partial charge in [0.25, 0.3) is 5.91 Å². The van der Waals surface area contributed by atoms with E-state index in [0.29, 0.717) is 50.4 Å². The van der Waals surface area contributed by atoms with E-state index in [1.54, 1.807) is 12.1 Å². The fraction of sp³-hybridized carbons (Fsp3) is 0.640. The number of carbonyl (C=O) groups excluding carboxylic acids is 3. The Hall–Kier alpha value is -2.57. The summed E-state index contributed by atoms with van der Waals surface area (Å²) < 4.78 is 5.50. The zero-order chi connectivity index (χ0) is 22.8. The highest BCUT2D eigenvalue weighted by atomic mass is 16.5. The van der Waals surface area contributed by atoms with E-state index >= 15 is 0 Å². The van der Waals surface area contributed by atoms with E-state index in [1.165, 1.54) is 6.42 Å². The normalized spacial score (nSPS) is 17.6. The maximum absolute atomic E-state index is 12.5. The van der Waals surface area contributed by atoms with E-state index in [9.17, 15) is 14.4 Å². The summed E-state index contributed by atoms with van der Waals surface area (Å²) in [6.07, 6.45) is 8.22. The van der Waals surface area contributed by atoms with Crippen LogP contribution < -0.4 is 15.4 Å². The number of nitrogens with one attached hydrogen (secondary N) is 2. The Bertz CT molecular complexity index is 768. The summed E-state index contributed by atoms with van der Waals surface area (Å²) in [5, 5.41) is 6.09. The maximum Gasteiger partial charge on any atom is 0.255 e. The summed E-state index contributed by atoms with van der Waals surface area (Å²) in [5.41, 5.74) is 0.512. The lowest BCUT2D eigenvalue weighted by Crippen LogP contribution is -2.48. The first-order chi connectivity index (χ1) is 15.6. The molecule has 3 amide bonds. The summed E-state index contributed by atoms with van der Waals surface area (Å²) in [6.45, 7) is 4.19. The van der Waals surface area contributed by atoms with Gasteiger partial charge in [-0.05, 0) is 51.2 Å². The highest BCUT2D eigenvalue weighted by Gasteiger charge is 2.27. The highest BCUT2D eigenvalue weighted by Crippen LogP contribution is 2.24. The molecule has 0 bridgehead atoms. The van der Waals surface area contributed by atoms with E-state index in [1.807, 2.05) is 24.0 Å². The Kier molecular flexibility index (Phi) is 9.38. The number of carbonyl (C=O) groups is 3. The number of amides is 3. The Morgan fingerprint density at radius 3 is 2.47 bits per heavy atom. The summed E-state index contributed by atoms with van der Waals surface area (Å²) in [4.78, 5) is 39.3. The maximum atomic E-state index is 12.5. The minimum absolute atomic E-state index is 0.117. The van der Waals surface area contributed by atoms with Gasteiger partial charge in [-0.3, -0.25) is 14.4 Å². The smallest absolute Gasteiger partial charge is 0.255 e. The lowest BCUT2D eigenvalue weighted by atomic mass is 9.88. The molecule has 7 heteroatoms. The SMILES string of the molecule is CCOc1ccccc1C(=O)NCCCC(=O)N1CCC(NC(=O)C2CCCCC2)CC1. The van der Waals surface area contributed by atoms with Crippen molar-refractivity contribution in [2.24, 2.45) is 5.92 Å². The molecule has 1 heterocycles. The van der Waals surface area contributed by atoms with Crippen LogP contribution >= 0.6 is 0 Å². The first-order valence-corrected chi connectivity index (χ1v) is 12.2. The van der Waals surface area contributed by atoms with Crippen molar-refractivity contribution in [3.63, 3.8) is 0 Å². The second kappa shape index (κ2) is 12.5. The van der Waals surface area contributed by atoms with Gasteiger partial charge >= 0.3 is 0 Å². The molecule has 0 radical (unpaired) electrons. The van der Waals surface area contributed by atoms with Crippen molar-refractivity contribution in [3.8, 4) is 5.75 Å². The molecule has 0 spiro atoms. The molecule has 32 heavy (non-hydrogen) atoms. The van der Waals surface area contributed by atoms with E-state index in [-0.39, 0.29) is 29.7 Å². The van der Waals surface area contributed by atoms with Crippen molar-refractivity contribution in [2.75, 3.05) is 26.2 Å². The van der Waals surface area contributed by atoms with Crippen LogP contribution in [0.1, 0.15) is 75.1 Å². The number of rotatable bonds is 9. The largest absolute Gasteiger partial charge is 0.493 e. The quantitative estimate of drug-likeness (QED) is 0.574. The second-order valence-electron chi connectivity index (χ2n) is 8.79. The molecule has 7 nitrogen and oxygen atoms in total. The van der Waals surface area contributed by atoms with Crippen molar-refractivity contribution < 1.29 is 19.1 Å². The molecule has 2 aliphatic rings. The summed E-state index contributed by atoms with van der Waals surface area (Å²) >= 11 is 0. The van der Waals surface area contributed by atoms with Crippen LogP contribution in [0.25, 0.3) is 0 Å². The van der Waals surface area contributed by atoms with Crippen molar-refractivity contribution in [1.29, 1.82) is 0 Å². The van der Waals surface area contributed by atoms with E-state index in [0.717, 1.165) is 38.5 Å².